The van der Waals surface area contributed by atoms with Crippen LogP contribution in [0.1, 0.15) is 49.5 Å². The Labute approximate surface area is 233 Å². The van der Waals surface area contributed by atoms with Gasteiger partial charge in [0.15, 0.2) is 10.8 Å². The number of aromatic nitrogens is 3. The van der Waals surface area contributed by atoms with Gasteiger partial charge in [-0.1, -0.05) is 17.7 Å². The molecule has 1 unspecified atom stereocenters. The number of halogens is 2. The smallest absolute Gasteiger partial charge is 0.408 e. The molecular formula is C26H28ClFN6O2S2. The van der Waals surface area contributed by atoms with Crippen molar-refractivity contribution >= 4 is 52.2 Å². The molecule has 12 heteroatoms. The van der Waals surface area contributed by atoms with Gasteiger partial charge in [-0.2, -0.15) is 5.10 Å². The maximum Gasteiger partial charge on any atom is 0.408 e. The highest BCUT2D eigenvalue weighted by Gasteiger charge is 2.41. The summed E-state index contributed by atoms with van der Waals surface area (Å²) in [6, 6.07) is 5.89. The van der Waals surface area contributed by atoms with Crippen LogP contribution in [0.15, 0.2) is 52.7 Å². The summed E-state index contributed by atoms with van der Waals surface area (Å²) in [5.41, 5.74) is 2.95. The molecule has 1 N–H and O–H groups in total. The van der Waals surface area contributed by atoms with E-state index in [-0.39, 0.29) is 5.25 Å². The van der Waals surface area contributed by atoms with Crippen molar-refractivity contribution in [2.45, 2.75) is 44.1 Å². The summed E-state index contributed by atoms with van der Waals surface area (Å²) >= 11 is 9.73. The minimum atomic E-state index is -0.555. The van der Waals surface area contributed by atoms with Gasteiger partial charge < -0.3 is 15.0 Å². The monoisotopic (exact) mass is 574 g/mol. The summed E-state index contributed by atoms with van der Waals surface area (Å²) in [7, 11) is 1.87. The number of thioether (sulfide) groups is 1. The topological polar surface area (TPSA) is 84.6 Å². The second-order valence-corrected chi connectivity index (χ2v) is 12.6. The fraction of sp³-hybridized carbons (Fsp3) is 0.385. The summed E-state index contributed by atoms with van der Waals surface area (Å²) in [5, 5.41) is 10.7. The summed E-state index contributed by atoms with van der Waals surface area (Å²) in [6.45, 7) is 6.20. The van der Waals surface area contributed by atoms with Crippen LogP contribution in [0.4, 0.5) is 9.18 Å². The second-order valence-electron chi connectivity index (χ2n) is 10.0. The van der Waals surface area contributed by atoms with Crippen LogP contribution in [0.5, 0.6) is 0 Å². The predicted octanol–water partition coefficient (Wildman–Crippen LogP) is 5.87. The molecule has 38 heavy (non-hydrogen) atoms. The Balaban J connectivity index is 1.51. The molecular weight excluding hydrogens is 547 g/mol. The molecule has 1 fully saturated rings. The fourth-order valence-corrected chi connectivity index (χ4v) is 6.41. The number of allylic oxidation sites excluding steroid dienone is 1. The van der Waals surface area contributed by atoms with E-state index in [9.17, 15) is 9.18 Å². The average molecular weight is 575 g/mol. The minimum absolute atomic E-state index is 0.172. The van der Waals surface area contributed by atoms with Gasteiger partial charge in [0.2, 0.25) is 0 Å². The summed E-state index contributed by atoms with van der Waals surface area (Å²) in [5.74, 6) is 0.766. The molecule has 4 heterocycles. The molecule has 200 valence electrons. The zero-order chi connectivity index (χ0) is 27.0. The number of hydrogen-bond acceptors (Lipinski definition) is 8. The Morgan fingerprint density at radius 1 is 1.34 bits per heavy atom. The molecule has 3 aromatic rings. The molecule has 0 bridgehead atoms. The molecule has 0 spiro atoms. The van der Waals surface area contributed by atoms with Crippen LogP contribution in [0.2, 0.25) is 5.02 Å². The zero-order valence-corrected chi connectivity index (χ0v) is 23.8. The predicted molar refractivity (Wildman–Crippen MR) is 150 cm³/mol. The normalized spacial score (nSPS) is 19.4. The molecule has 5 rings (SSSR count). The van der Waals surface area contributed by atoms with Crippen molar-refractivity contribution in [2.75, 3.05) is 12.4 Å². The first-order chi connectivity index (χ1) is 18.1. The zero-order valence-electron chi connectivity index (χ0n) is 21.4. The van der Waals surface area contributed by atoms with E-state index in [1.807, 2.05) is 45.5 Å². The number of carbonyl (C=O) groups excluding carboxylic acids is 1. The minimum Gasteiger partial charge on any atom is -0.444 e. The van der Waals surface area contributed by atoms with E-state index in [4.69, 9.17) is 26.4 Å². The summed E-state index contributed by atoms with van der Waals surface area (Å²) in [6.07, 6.45) is 3.94. The van der Waals surface area contributed by atoms with Crippen molar-refractivity contribution in [1.29, 1.82) is 0 Å². The second kappa shape index (κ2) is 10.7. The number of alkyl carbamates (subject to hydrolysis) is 1. The number of ether oxygens (including phenoxy) is 1. The van der Waals surface area contributed by atoms with Gasteiger partial charge in [-0.3, -0.25) is 9.67 Å². The van der Waals surface area contributed by atoms with Gasteiger partial charge in [-0.05, 0) is 39.0 Å². The van der Waals surface area contributed by atoms with Crippen LogP contribution in [-0.2, 0) is 11.8 Å². The van der Waals surface area contributed by atoms with Crippen molar-refractivity contribution in [1.82, 2.24) is 25.0 Å². The quantitative estimate of drug-likeness (QED) is 0.371. The SMILES string of the molecule is Cn1ccc(C2=C3CC(SCNC(=O)OC(C)(C)C)CN3C(c3nccs3)=N[C@H]2c2ccc(F)cc2Cl)n1. The largest absolute Gasteiger partial charge is 0.444 e. The lowest BCUT2D eigenvalue weighted by Crippen LogP contribution is -2.34. The highest BCUT2D eigenvalue weighted by atomic mass is 35.5. The number of amides is 1. The number of benzene rings is 1. The molecule has 2 aliphatic rings. The highest BCUT2D eigenvalue weighted by molar-refractivity contribution is 7.99. The first-order valence-electron chi connectivity index (χ1n) is 12.1. The molecule has 8 nitrogen and oxygen atoms in total. The van der Waals surface area contributed by atoms with Crippen molar-refractivity contribution in [2.24, 2.45) is 12.0 Å². The highest BCUT2D eigenvalue weighted by Crippen LogP contribution is 2.47. The standard InChI is InChI=1S/C26H28ClFN6O2S2/c1-26(2,3)36-25(35)30-14-38-16-12-20-21(19-7-9-33(4)32-19)22(17-6-5-15(28)11-18(17)27)31-23(34(20)13-16)24-29-8-10-37-24/h5-11,16,22H,12-14H2,1-4H3,(H,30,35)/t16?,22-/m0/s1. The van der Waals surface area contributed by atoms with E-state index < -0.39 is 23.6 Å². The molecule has 1 aromatic carbocycles. The van der Waals surface area contributed by atoms with E-state index >= 15 is 0 Å². The van der Waals surface area contributed by atoms with Crippen molar-refractivity contribution in [3.05, 3.63) is 74.8 Å². The van der Waals surface area contributed by atoms with Gasteiger partial charge in [0, 0.05) is 64.9 Å². The summed E-state index contributed by atoms with van der Waals surface area (Å²) in [4.78, 5) is 24.0. The van der Waals surface area contributed by atoms with Crippen LogP contribution in [0.3, 0.4) is 0 Å². The molecule has 1 amide bonds. The third-order valence-corrected chi connectivity index (χ3v) is 8.22. The molecule has 0 saturated carbocycles. The first kappa shape index (κ1) is 26.7. The van der Waals surface area contributed by atoms with E-state index in [1.165, 1.54) is 23.5 Å². The van der Waals surface area contributed by atoms with E-state index in [2.05, 4.69) is 15.2 Å². The molecule has 0 radical (unpaired) electrons. The van der Waals surface area contributed by atoms with Crippen LogP contribution in [0.25, 0.3) is 5.57 Å². The number of nitrogens with one attached hydrogen (secondary N) is 1. The van der Waals surface area contributed by atoms with Gasteiger partial charge in [0.25, 0.3) is 0 Å². The number of nitrogens with zero attached hydrogens (tertiary/aromatic N) is 5. The van der Waals surface area contributed by atoms with Gasteiger partial charge in [0.1, 0.15) is 17.5 Å². The van der Waals surface area contributed by atoms with Crippen molar-refractivity contribution in [3.8, 4) is 0 Å². The van der Waals surface area contributed by atoms with Crippen LogP contribution >= 0.6 is 34.7 Å². The molecule has 2 aromatic heterocycles. The Hall–Kier alpha value is -2.89. The maximum absolute atomic E-state index is 14.0. The van der Waals surface area contributed by atoms with Gasteiger partial charge in [-0.25, -0.2) is 14.2 Å². The van der Waals surface area contributed by atoms with Crippen molar-refractivity contribution < 1.29 is 13.9 Å². The lowest BCUT2D eigenvalue weighted by atomic mass is 9.92. The lowest BCUT2D eigenvalue weighted by Gasteiger charge is -2.32. The van der Waals surface area contributed by atoms with E-state index in [0.29, 0.717) is 23.0 Å². The van der Waals surface area contributed by atoms with E-state index in [1.54, 1.807) is 28.7 Å². The summed E-state index contributed by atoms with van der Waals surface area (Å²) < 4.78 is 21.1. The number of carbonyl (C=O) groups is 1. The van der Waals surface area contributed by atoms with Crippen LogP contribution in [-0.4, -0.2) is 54.9 Å². The van der Waals surface area contributed by atoms with E-state index in [0.717, 1.165) is 34.2 Å². The lowest BCUT2D eigenvalue weighted by molar-refractivity contribution is 0.0538. The number of fused-ring (bicyclic) bond motifs is 1. The van der Waals surface area contributed by atoms with Gasteiger partial charge >= 0.3 is 6.09 Å². The van der Waals surface area contributed by atoms with Gasteiger partial charge in [0.05, 0.1) is 11.6 Å². The first-order valence-corrected chi connectivity index (χ1v) is 14.4. The molecule has 0 aliphatic carbocycles. The Bertz CT molecular complexity index is 1400. The Morgan fingerprint density at radius 2 is 2.16 bits per heavy atom. The van der Waals surface area contributed by atoms with Crippen molar-refractivity contribution in [3.63, 3.8) is 0 Å². The number of amidine groups is 1. The third kappa shape index (κ3) is 5.74. The number of aryl methyl sites for hydroxylation is 1. The average Bonchev–Trinajstić information content (AvgIpc) is 3.58. The van der Waals surface area contributed by atoms with Gasteiger partial charge in [-0.15, -0.1) is 23.1 Å². The number of rotatable bonds is 6. The number of hydrogen-bond donors (Lipinski definition) is 1. The molecule has 2 atom stereocenters. The number of thiazole rings is 1. The number of aliphatic imine (C=N–C) groups is 1. The fourth-order valence-electron chi connectivity index (χ4n) is 4.53. The third-order valence-electron chi connectivity index (χ3n) is 6.03. The maximum atomic E-state index is 14.0. The molecule has 1 saturated heterocycles. The Kier molecular flexibility index (Phi) is 7.52. The Morgan fingerprint density at radius 3 is 2.82 bits per heavy atom. The molecule has 2 aliphatic heterocycles. The van der Waals surface area contributed by atoms with Crippen LogP contribution < -0.4 is 5.32 Å². The van der Waals surface area contributed by atoms with Crippen LogP contribution in [0, 0.1) is 5.82 Å².